The van der Waals surface area contributed by atoms with Gasteiger partial charge in [-0.1, -0.05) is 65.8 Å². The molecule has 5 nitrogen and oxygen atoms in total. The summed E-state index contributed by atoms with van der Waals surface area (Å²) >= 11 is 0. The second-order valence-corrected chi connectivity index (χ2v) is 4.25. The van der Waals surface area contributed by atoms with E-state index >= 15 is 0 Å². The fraction of sp³-hybridized carbons (Fsp3) is 0.286. The maximum atomic E-state index is 10.6. The Morgan fingerprint density at radius 1 is 0.885 bits per heavy atom. The molecule has 0 fully saturated rings. The predicted molar refractivity (Wildman–Crippen MR) is 113 cm³/mol. The van der Waals surface area contributed by atoms with Crippen LogP contribution < -0.4 is 16.6 Å². The van der Waals surface area contributed by atoms with Crippen molar-refractivity contribution in [2.75, 3.05) is 5.01 Å². The molecule has 2 aromatic carbocycles. The molecule has 0 aliphatic heterocycles. The molecule has 144 valence electrons. The van der Waals surface area contributed by atoms with Gasteiger partial charge in [0, 0.05) is 11.8 Å². The molecule has 2 rings (SSSR count). The number of aldehydes is 1. The van der Waals surface area contributed by atoms with Crippen LogP contribution in [0.1, 0.15) is 57.5 Å². The first-order chi connectivity index (χ1) is 12.6. The first kappa shape index (κ1) is 25.5. The molecule has 26 heavy (non-hydrogen) atoms. The normalized spacial score (nSPS) is 9.27. The van der Waals surface area contributed by atoms with E-state index in [0.717, 1.165) is 11.8 Å². The molecule has 0 saturated heterocycles. The van der Waals surface area contributed by atoms with Crippen LogP contribution in [0.2, 0.25) is 0 Å². The van der Waals surface area contributed by atoms with Crippen molar-refractivity contribution in [3.63, 3.8) is 0 Å². The van der Waals surface area contributed by atoms with Crippen LogP contribution in [0, 0.1) is 0 Å². The molecule has 0 unspecified atom stereocenters. The molecule has 5 N–H and O–H groups in total. The molecule has 0 heterocycles. The lowest BCUT2D eigenvalue weighted by Gasteiger charge is -2.15. The van der Waals surface area contributed by atoms with E-state index in [4.69, 9.17) is 11.6 Å². The van der Waals surface area contributed by atoms with E-state index in [0.29, 0.717) is 16.9 Å². The van der Waals surface area contributed by atoms with Crippen LogP contribution in [-0.4, -0.2) is 11.4 Å². The summed E-state index contributed by atoms with van der Waals surface area (Å²) in [4.78, 5) is 10.6. The van der Waals surface area contributed by atoms with E-state index < -0.39 is 0 Å². The Kier molecular flexibility index (Phi) is 15.4. The molecular weight excluding hydrogens is 326 g/mol. The van der Waals surface area contributed by atoms with Gasteiger partial charge in [0.25, 0.3) is 0 Å². The maximum absolute atomic E-state index is 10.6. The maximum Gasteiger partial charge on any atom is 0.150 e. The number of phenols is 1. The summed E-state index contributed by atoms with van der Waals surface area (Å²) in [6, 6.07) is 13.3. The molecule has 0 aliphatic carbocycles. The van der Waals surface area contributed by atoms with Crippen molar-refractivity contribution >= 4 is 17.7 Å². The lowest BCUT2D eigenvalue weighted by atomic mass is 10.1. The van der Waals surface area contributed by atoms with Crippen molar-refractivity contribution in [2.24, 2.45) is 11.6 Å². The number of hydrogen-bond acceptors (Lipinski definition) is 5. The number of aromatic hydroxyl groups is 1. The highest BCUT2D eigenvalue weighted by atomic mass is 16.3. The van der Waals surface area contributed by atoms with E-state index in [9.17, 15) is 9.90 Å². The fourth-order valence-electron chi connectivity index (χ4n) is 1.68. The Balaban J connectivity index is 0. The van der Waals surface area contributed by atoms with Gasteiger partial charge in [-0.3, -0.25) is 9.80 Å². The lowest BCUT2D eigenvalue weighted by molar-refractivity contribution is 0.112. The Bertz CT molecular complexity index is 621. The van der Waals surface area contributed by atoms with Crippen molar-refractivity contribution in [3.8, 4) is 5.75 Å². The predicted octanol–water partition coefficient (Wildman–Crippen LogP) is 4.92. The highest BCUT2D eigenvalue weighted by Crippen LogP contribution is 2.18. The topological polar surface area (TPSA) is 92.6 Å². The van der Waals surface area contributed by atoms with E-state index in [1.165, 1.54) is 17.1 Å². The monoisotopic (exact) mass is 359 g/mol. The summed E-state index contributed by atoms with van der Waals surface area (Å²) in [6.45, 7) is 12.0. The number of rotatable bonds is 4. The first-order valence-corrected chi connectivity index (χ1v) is 8.96. The van der Waals surface area contributed by atoms with Crippen LogP contribution in [0.4, 0.5) is 5.69 Å². The van der Waals surface area contributed by atoms with Gasteiger partial charge < -0.3 is 10.8 Å². The zero-order chi connectivity index (χ0) is 20.5. The molecule has 0 spiro atoms. The first-order valence-electron chi connectivity index (χ1n) is 8.96. The molecule has 5 heteroatoms. The average molecular weight is 360 g/mol. The van der Waals surface area contributed by atoms with Crippen LogP contribution in [-0.2, 0) is 0 Å². The van der Waals surface area contributed by atoms with E-state index in [2.05, 4.69) is 0 Å². The third-order valence-corrected chi connectivity index (χ3v) is 2.81. The number of hydrazine groups is 1. The quantitative estimate of drug-likeness (QED) is 0.409. The van der Waals surface area contributed by atoms with E-state index in [1.807, 2.05) is 41.5 Å². The average Bonchev–Trinajstić information content (AvgIpc) is 2.73. The van der Waals surface area contributed by atoms with Crippen molar-refractivity contribution in [2.45, 2.75) is 41.5 Å². The Morgan fingerprint density at radius 3 is 1.77 bits per heavy atom. The van der Waals surface area contributed by atoms with Gasteiger partial charge in [0.2, 0.25) is 0 Å². The summed E-state index contributed by atoms with van der Waals surface area (Å²) in [5.41, 5.74) is 8.47. The summed E-state index contributed by atoms with van der Waals surface area (Å²) in [5.74, 6) is 6.05. The number of carbonyl (C=O) groups is 1. The smallest absolute Gasteiger partial charge is 0.150 e. The van der Waals surface area contributed by atoms with Gasteiger partial charge in [-0.15, -0.1) is 0 Å². The van der Waals surface area contributed by atoms with Crippen molar-refractivity contribution in [1.82, 2.24) is 0 Å². The molecule has 0 aromatic heterocycles. The van der Waals surface area contributed by atoms with Gasteiger partial charge in [-0.2, -0.15) is 0 Å². The minimum Gasteiger partial charge on any atom is -0.508 e. The minimum absolute atomic E-state index is 0.170. The van der Waals surface area contributed by atoms with Crippen LogP contribution >= 0.6 is 0 Å². The van der Waals surface area contributed by atoms with Gasteiger partial charge >= 0.3 is 0 Å². The zero-order valence-electron chi connectivity index (χ0n) is 16.7. The number of anilines is 1. The minimum atomic E-state index is 0.170. The van der Waals surface area contributed by atoms with Crippen molar-refractivity contribution in [3.05, 3.63) is 65.9 Å². The molecule has 0 amide bonds. The van der Waals surface area contributed by atoms with Gasteiger partial charge in [0.05, 0.1) is 11.4 Å². The molecule has 2 aromatic rings. The second kappa shape index (κ2) is 15.7. The van der Waals surface area contributed by atoms with E-state index in [-0.39, 0.29) is 5.75 Å². The largest absolute Gasteiger partial charge is 0.508 e. The van der Waals surface area contributed by atoms with Crippen LogP contribution in [0.15, 0.2) is 54.7 Å². The van der Waals surface area contributed by atoms with Gasteiger partial charge in [-0.05, 0) is 29.8 Å². The summed E-state index contributed by atoms with van der Waals surface area (Å²) < 4.78 is 0. The summed E-state index contributed by atoms with van der Waals surface area (Å²) in [6.07, 6.45) is 2.34. The number of nitrogens with zero attached hydrogens (tertiary/aromatic N) is 1. The van der Waals surface area contributed by atoms with Crippen LogP contribution in [0.25, 0.3) is 5.70 Å². The lowest BCUT2D eigenvalue weighted by Crippen LogP contribution is -2.25. The summed E-state index contributed by atoms with van der Waals surface area (Å²) in [7, 11) is 0. The molecular formula is C21H33N3O2. The number of nitrogens with two attached hydrogens (primary N) is 2. The second-order valence-electron chi connectivity index (χ2n) is 4.25. The van der Waals surface area contributed by atoms with Gasteiger partial charge in [0.1, 0.15) is 12.0 Å². The third kappa shape index (κ3) is 8.89. The van der Waals surface area contributed by atoms with Crippen LogP contribution in [0.3, 0.4) is 0 Å². The SMILES string of the molecule is CC.CC.CC.N/C(=C\N(N)c1ccc(O)cc1)c1ccc(C=O)cc1. The number of phenolic OH excluding ortho intramolecular Hbond substituents is 1. The van der Waals surface area contributed by atoms with Gasteiger partial charge in [0.15, 0.2) is 0 Å². The Labute approximate surface area is 157 Å². The number of hydrogen-bond donors (Lipinski definition) is 3. The highest BCUT2D eigenvalue weighted by molar-refractivity contribution is 5.76. The Morgan fingerprint density at radius 2 is 1.35 bits per heavy atom. The Hall–Kier alpha value is -2.79. The van der Waals surface area contributed by atoms with Crippen LogP contribution in [0.5, 0.6) is 5.75 Å². The molecule has 0 atom stereocenters. The number of carbonyl (C=O) groups excluding carboxylic acids is 1. The molecule has 0 bridgehead atoms. The zero-order valence-corrected chi connectivity index (χ0v) is 16.7. The molecule has 0 saturated carbocycles. The summed E-state index contributed by atoms with van der Waals surface area (Å²) in [5, 5.41) is 10.6. The van der Waals surface area contributed by atoms with E-state index in [1.54, 1.807) is 42.6 Å². The third-order valence-electron chi connectivity index (χ3n) is 2.81. The fourth-order valence-corrected chi connectivity index (χ4v) is 1.68. The van der Waals surface area contributed by atoms with Crippen molar-refractivity contribution in [1.29, 1.82) is 0 Å². The standard InChI is InChI=1S/C15H15N3O2.3C2H6/c16-15(12-3-1-11(10-19)2-4-12)9-18(17)13-5-7-14(20)8-6-13;3*1-2/h1-10,20H,16-17H2;3*1-2H3/b15-9-;;;. The molecule has 0 aliphatic rings. The highest BCUT2D eigenvalue weighted by Gasteiger charge is 2.02. The molecule has 0 radical (unpaired) electrons. The van der Waals surface area contributed by atoms with Gasteiger partial charge in [-0.25, -0.2) is 5.84 Å². The van der Waals surface area contributed by atoms with Crippen molar-refractivity contribution < 1.29 is 9.90 Å². The number of benzene rings is 2.